The van der Waals surface area contributed by atoms with E-state index >= 15 is 0 Å². The lowest BCUT2D eigenvalue weighted by Crippen LogP contribution is -2.04. The number of nitro benzene ring substituents is 1. The largest absolute Gasteiger partial charge is 0.384 e. The number of non-ortho nitro benzene ring substituents is 1. The van der Waals surface area contributed by atoms with Gasteiger partial charge in [-0.2, -0.15) is 5.26 Å². The second kappa shape index (κ2) is 4.83. The lowest BCUT2D eigenvalue weighted by Gasteiger charge is -2.07. The van der Waals surface area contributed by atoms with E-state index in [0.717, 1.165) is 18.9 Å². The van der Waals surface area contributed by atoms with Crippen LogP contribution in [0.5, 0.6) is 0 Å². The average Bonchev–Trinajstić information content (AvgIpc) is 3.13. The second-order valence-electron chi connectivity index (χ2n) is 4.26. The zero-order valence-corrected chi connectivity index (χ0v) is 9.35. The molecule has 1 fully saturated rings. The minimum absolute atomic E-state index is 0.0470. The van der Waals surface area contributed by atoms with Crippen LogP contribution in [0.25, 0.3) is 0 Å². The number of anilines is 1. The van der Waals surface area contributed by atoms with Crippen LogP contribution in [0.15, 0.2) is 18.2 Å². The minimum Gasteiger partial charge on any atom is -0.384 e. The van der Waals surface area contributed by atoms with E-state index in [2.05, 4.69) is 5.32 Å². The highest BCUT2D eigenvalue weighted by Crippen LogP contribution is 2.32. The summed E-state index contributed by atoms with van der Waals surface area (Å²) in [5.41, 5.74) is 0.961. The molecule has 1 aromatic carbocycles. The van der Waals surface area contributed by atoms with Gasteiger partial charge in [0.1, 0.15) is 6.07 Å². The Bertz CT molecular complexity index is 475. The number of nitro groups is 1. The van der Waals surface area contributed by atoms with Crippen molar-refractivity contribution in [2.75, 3.05) is 11.9 Å². The Morgan fingerprint density at radius 2 is 2.29 bits per heavy atom. The normalized spacial score (nSPS) is 14.1. The summed E-state index contributed by atoms with van der Waals surface area (Å²) in [6, 6.07) is 6.30. The molecule has 0 atom stereocenters. The van der Waals surface area contributed by atoms with Crippen molar-refractivity contribution in [1.82, 2.24) is 0 Å². The van der Waals surface area contributed by atoms with Crippen molar-refractivity contribution in [3.63, 3.8) is 0 Å². The van der Waals surface area contributed by atoms with Gasteiger partial charge >= 0.3 is 0 Å². The summed E-state index contributed by atoms with van der Waals surface area (Å²) in [4.78, 5) is 10.1. The Labute approximate surface area is 99.2 Å². The Balaban J connectivity index is 2.04. The first-order chi connectivity index (χ1) is 8.20. The van der Waals surface area contributed by atoms with E-state index in [-0.39, 0.29) is 5.69 Å². The minimum atomic E-state index is -0.491. The topological polar surface area (TPSA) is 79.0 Å². The zero-order chi connectivity index (χ0) is 12.3. The first kappa shape index (κ1) is 11.4. The molecule has 1 N–H and O–H groups in total. The van der Waals surface area contributed by atoms with Crippen molar-refractivity contribution < 1.29 is 4.92 Å². The van der Waals surface area contributed by atoms with Crippen LogP contribution in [0.3, 0.4) is 0 Å². The molecule has 0 heterocycles. The molecule has 0 saturated heterocycles. The average molecular weight is 231 g/mol. The molecule has 5 nitrogen and oxygen atoms in total. The first-order valence-electron chi connectivity index (χ1n) is 5.63. The standard InChI is InChI=1S/C12H13N3O2/c13-8-10-7-11(15(16)17)3-4-12(10)14-6-5-9-1-2-9/h3-4,7,9,14H,1-2,5-6H2. The summed E-state index contributed by atoms with van der Waals surface area (Å²) in [6.45, 7) is 0.817. The number of nitrogens with one attached hydrogen (secondary N) is 1. The summed E-state index contributed by atoms with van der Waals surface area (Å²) >= 11 is 0. The molecule has 0 aromatic heterocycles. The number of benzene rings is 1. The van der Waals surface area contributed by atoms with Crippen LogP contribution in [0.4, 0.5) is 11.4 Å². The molecule has 0 aliphatic heterocycles. The Hall–Kier alpha value is -2.09. The van der Waals surface area contributed by atoms with Crippen LogP contribution in [-0.2, 0) is 0 Å². The number of nitrogens with zero attached hydrogens (tertiary/aromatic N) is 2. The van der Waals surface area contributed by atoms with E-state index in [1.807, 2.05) is 6.07 Å². The molecule has 2 rings (SSSR count). The van der Waals surface area contributed by atoms with Crippen LogP contribution in [0, 0.1) is 27.4 Å². The Morgan fingerprint density at radius 1 is 1.53 bits per heavy atom. The molecule has 0 spiro atoms. The van der Waals surface area contributed by atoms with Crippen molar-refractivity contribution in [2.24, 2.45) is 5.92 Å². The van der Waals surface area contributed by atoms with Gasteiger partial charge in [-0.15, -0.1) is 0 Å². The van der Waals surface area contributed by atoms with Crippen molar-refractivity contribution in [3.05, 3.63) is 33.9 Å². The van der Waals surface area contributed by atoms with Gasteiger partial charge < -0.3 is 5.32 Å². The van der Waals surface area contributed by atoms with Gasteiger partial charge in [-0.1, -0.05) is 12.8 Å². The van der Waals surface area contributed by atoms with Crippen LogP contribution >= 0.6 is 0 Å². The van der Waals surface area contributed by atoms with E-state index in [0.29, 0.717) is 11.3 Å². The van der Waals surface area contributed by atoms with Gasteiger partial charge in [0.25, 0.3) is 5.69 Å². The molecule has 1 aliphatic carbocycles. The highest BCUT2D eigenvalue weighted by atomic mass is 16.6. The molecule has 5 heteroatoms. The van der Waals surface area contributed by atoms with E-state index < -0.39 is 4.92 Å². The lowest BCUT2D eigenvalue weighted by molar-refractivity contribution is -0.384. The lowest BCUT2D eigenvalue weighted by atomic mass is 10.1. The maximum Gasteiger partial charge on any atom is 0.270 e. The first-order valence-corrected chi connectivity index (χ1v) is 5.63. The fourth-order valence-corrected chi connectivity index (χ4v) is 1.71. The van der Waals surface area contributed by atoms with Gasteiger partial charge in [-0.25, -0.2) is 0 Å². The van der Waals surface area contributed by atoms with Crippen LogP contribution < -0.4 is 5.32 Å². The quantitative estimate of drug-likeness (QED) is 0.624. The second-order valence-corrected chi connectivity index (χ2v) is 4.26. The van der Waals surface area contributed by atoms with E-state index in [4.69, 9.17) is 5.26 Å². The molecule has 0 bridgehead atoms. The maximum atomic E-state index is 10.6. The predicted octanol–water partition coefficient (Wildman–Crippen LogP) is 2.68. The number of nitriles is 1. The van der Waals surface area contributed by atoms with Gasteiger partial charge in [-0.05, 0) is 18.4 Å². The smallest absolute Gasteiger partial charge is 0.270 e. The van der Waals surface area contributed by atoms with Crippen molar-refractivity contribution >= 4 is 11.4 Å². The fourth-order valence-electron chi connectivity index (χ4n) is 1.71. The monoisotopic (exact) mass is 231 g/mol. The summed E-state index contributed by atoms with van der Waals surface area (Å²) in [5, 5.41) is 22.7. The molecule has 1 aliphatic rings. The zero-order valence-electron chi connectivity index (χ0n) is 9.35. The SMILES string of the molecule is N#Cc1cc([N+](=O)[O-])ccc1NCCC1CC1. The maximum absolute atomic E-state index is 10.6. The van der Waals surface area contributed by atoms with Gasteiger partial charge in [0, 0.05) is 18.7 Å². The summed E-state index contributed by atoms with van der Waals surface area (Å²) in [7, 11) is 0. The third kappa shape index (κ3) is 2.94. The molecule has 1 saturated carbocycles. The summed E-state index contributed by atoms with van der Waals surface area (Å²) < 4.78 is 0. The highest BCUT2D eigenvalue weighted by molar-refractivity contribution is 5.61. The molecule has 0 unspecified atom stereocenters. The Kier molecular flexibility index (Phi) is 3.24. The molecular formula is C12H13N3O2. The third-order valence-electron chi connectivity index (χ3n) is 2.90. The molecule has 1 aromatic rings. The van der Waals surface area contributed by atoms with Crippen molar-refractivity contribution in [2.45, 2.75) is 19.3 Å². The van der Waals surface area contributed by atoms with Gasteiger partial charge in [-0.3, -0.25) is 10.1 Å². The number of hydrogen-bond acceptors (Lipinski definition) is 4. The van der Waals surface area contributed by atoms with E-state index in [9.17, 15) is 10.1 Å². The van der Waals surface area contributed by atoms with Crippen LogP contribution in [0.1, 0.15) is 24.8 Å². The van der Waals surface area contributed by atoms with Gasteiger partial charge in [0.2, 0.25) is 0 Å². The van der Waals surface area contributed by atoms with Crippen molar-refractivity contribution in [3.8, 4) is 6.07 Å². The number of hydrogen-bond donors (Lipinski definition) is 1. The van der Waals surface area contributed by atoms with E-state index in [1.54, 1.807) is 6.07 Å². The Morgan fingerprint density at radius 3 is 2.88 bits per heavy atom. The summed E-state index contributed by atoms with van der Waals surface area (Å²) in [6.07, 6.45) is 3.70. The molecular weight excluding hydrogens is 218 g/mol. The molecule has 0 amide bonds. The van der Waals surface area contributed by atoms with Crippen LogP contribution in [-0.4, -0.2) is 11.5 Å². The highest BCUT2D eigenvalue weighted by Gasteiger charge is 2.20. The molecule has 0 radical (unpaired) electrons. The molecule has 17 heavy (non-hydrogen) atoms. The van der Waals surface area contributed by atoms with Crippen molar-refractivity contribution in [1.29, 1.82) is 5.26 Å². The number of rotatable bonds is 5. The predicted molar refractivity (Wildman–Crippen MR) is 63.6 cm³/mol. The van der Waals surface area contributed by atoms with Gasteiger partial charge in [0.15, 0.2) is 0 Å². The fraction of sp³-hybridized carbons (Fsp3) is 0.417. The summed E-state index contributed by atoms with van der Waals surface area (Å²) in [5.74, 6) is 0.825. The molecule has 88 valence electrons. The van der Waals surface area contributed by atoms with Crippen LogP contribution in [0.2, 0.25) is 0 Å². The van der Waals surface area contributed by atoms with Gasteiger partial charge in [0.05, 0.1) is 16.2 Å². The van der Waals surface area contributed by atoms with E-state index in [1.165, 1.54) is 25.0 Å². The third-order valence-corrected chi connectivity index (χ3v) is 2.90.